The third-order valence-corrected chi connectivity index (χ3v) is 4.35. The zero-order valence-corrected chi connectivity index (χ0v) is 16.6. The SMILES string of the molecule is O=C(Nc1ccn(Cc2ccccn2)n1)c1ccc(=O)n(CCOc2ccccc2)n1. The lowest BCUT2D eigenvalue weighted by Crippen LogP contribution is -2.28. The Morgan fingerprint density at radius 3 is 2.61 bits per heavy atom. The van der Waals surface area contributed by atoms with Crippen LogP contribution in [0.15, 0.2) is 83.9 Å². The van der Waals surface area contributed by atoms with E-state index in [1.807, 2.05) is 48.5 Å². The molecule has 4 rings (SSSR count). The van der Waals surface area contributed by atoms with Crippen molar-refractivity contribution in [1.82, 2.24) is 24.5 Å². The molecule has 0 unspecified atom stereocenters. The molecule has 0 aliphatic carbocycles. The highest BCUT2D eigenvalue weighted by Gasteiger charge is 2.12. The molecule has 4 aromatic rings. The average molecular weight is 416 g/mol. The maximum atomic E-state index is 12.6. The quantitative estimate of drug-likeness (QED) is 0.472. The standard InChI is InChI=1S/C22H20N6O3/c29-21-10-9-19(25-28(21)14-15-31-18-7-2-1-3-8-18)22(30)24-20-11-13-27(26-20)16-17-6-4-5-12-23-17/h1-13H,14-16H2,(H,24,26,30). The van der Waals surface area contributed by atoms with Gasteiger partial charge in [-0.25, -0.2) is 4.68 Å². The Balaban J connectivity index is 1.37. The van der Waals surface area contributed by atoms with Crippen LogP contribution in [0.1, 0.15) is 16.2 Å². The van der Waals surface area contributed by atoms with Gasteiger partial charge in [-0.05, 0) is 30.3 Å². The van der Waals surface area contributed by atoms with Crippen molar-refractivity contribution >= 4 is 11.7 Å². The van der Waals surface area contributed by atoms with E-state index in [2.05, 4.69) is 20.5 Å². The van der Waals surface area contributed by atoms with Gasteiger partial charge < -0.3 is 10.1 Å². The lowest BCUT2D eigenvalue weighted by Gasteiger charge is -2.08. The fraction of sp³-hybridized carbons (Fsp3) is 0.136. The van der Waals surface area contributed by atoms with Gasteiger partial charge in [-0.15, -0.1) is 0 Å². The summed E-state index contributed by atoms with van der Waals surface area (Å²) in [5, 5.41) is 11.2. The second kappa shape index (κ2) is 9.49. The van der Waals surface area contributed by atoms with E-state index in [1.54, 1.807) is 23.1 Å². The second-order valence-electron chi connectivity index (χ2n) is 6.62. The van der Waals surface area contributed by atoms with Crippen LogP contribution < -0.4 is 15.6 Å². The lowest BCUT2D eigenvalue weighted by atomic mass is 10.3. The molecule has 1 aromatic carbocycles. The molecule has 9 heteroatoms. The van der Waals surface area contributed by atoms with Crippen LogP contribution in [0.3, 0.4) is 0 Å². The number of aromatic nitrogens is 5. The molecule has 0 bridgehead atoms. The summed E-state index contributed by atoms with van der Waals surface area (Å²) >= 11 is 0. The van der Waals surface area contributed by atoms with Crippen molar-refractivity contribution in [2.75, 3.05) is 11.9 Å². The number of hydrogen-bond donors (Lipinski definition) is 1. The third-order valence-electron chi connectivity index (χ3n) is 4.35. The predicted molar refractivity (Wildman–Crippen MR) is 114 cm³/mol. The smallest absolute Gasteiger partial charge is 0.277 e. The third kappa shape index (κ3) is 5.41. The number of benzene rings is 1. The maximum Gasteiger partial charge on any atom is 0.277 e. The highest BCUT2D eigenvalue weighted by Crippen LogP contribution is 2.08. The minimum atomic E-state index is -0.458. The summed E-state index contributed by atoms with van der Waals surface area (Å²) in [7, 11) is 0. The normalized spacial score (nSPS) is 10.6. The Kier molecular flexibility index (Phi) is 6.13. The van der Waals surface area contributed by atoms with E-state index in [9.17, 15) is 9.59 Å². The van der Waals surface area contributed by atoms with Gasteiger partial charge in [0.15, 0.2) is 5.82 Å². The highest BCUT2D eigenvalue weighted by atomic mass is 16.5. The molecular formula is C22H20N6O3. The Labute approximate surface area is 177 Å². The van der Waals surface area contributed by atoms with E-state index < -0.39 is 5.91 Å². The van der Waals surface area contributed by atoms with Gasteiger partial charge >= 0.3 is 0 Å². The summed E-state index contributed by atoms with van der Waals surface area (Å²) in [6.45, 7) is 0.953. The Bertz CT molecular complexity index is 1200. The van der Waals surface area contributed by atoms with Crippen LogP contribution in [0.25, 0.3) is 0 Å². The van der Waals surface area contributed by atoms with Gasteiger partial charge in [0, 0.05) is 24.5 Å². The number of anilines is 1. The molecular weight excluding hydrogens is 396 g/mol. The largest absolute Gasteiger partial charge is 0.492 e. The molecule has 1 N–H and O–H groups in total. The Hall–Kier alpha value is -4.27. The number of pyridine rings is 1. The highest BCUT2D eigenvalue weighted by molar-refractivity contribution is 6.02. The van der Waals surface area contributed by atoms with Gasteiger partial charge in [0.05, 0.1) is 18.8 Å². The van der Waals surface area contributed by atoms with Crippen LogP contribution in [0.5, 0.6) is 5.75 Å². The number of carbonyl (C=O) groups excluding carboxylic acids is 1. The number of amides is 1. The Morgan fingerprint density at radius 2 is 1.81 bits per heavy atom. The zero-order valence-electron chi connectivity index (χ0n) is 16.6. The van der Waals surface area contributed by atoms with Crippen LogP contribution in [0.2, 0.25) is 0 Å². The summed E-state index contributed by atoms with van der Waals surface area (Å²) in [4.78, 5) is 28.9. The number of nitrogens with one attached hydrogen (secondary N) is 1. The van der Waals surface area contributed by atoms with Gasteiger partial charge in [0.1, 0.15) is 18.1 Å². The molecule has 0 atom stereocenters. The first kappa shape index (κ1) is 20.0. The fourth-order valence-electron chi connectivity index (χ4n) is 2.85. The van der Waals surface area contributed by atoms with E-state index in [1.165, 1.54) is 16.8 Å². The first-order chi connectivity index (χ1) is 15.2. The molecule has 9 nitrogen and oxygen atoms in total. The van der Waals surface area contributed by atoms with Crippen LogP contribution >= 0.6 is 0 Å². The number of hydrogen-bond acceptors (Lipinski definition) is 6. The van der Waals surface area contributed by atoms with Crippen LogP contribution in [0, 0.1) is 0 Å². The van der Waals surface area contributed by atoms with Crippen molar-refractivity contribution in [2.24, 2.45) is 0 Å². The topological polar surface area (TPSA) is 104 Å². The van der Waals surface area contributed by atoms with Gasteiger partial charge in [0.25, 0.3) is 11.5 Å². The molecule has 0 saturated carbocycles. The monoisotopic (exact) mass is 416 g/mol. The van der Waals surface area contributed by atoms with Crippen molar-refractivity contribution in [3.05, 3.63) is 101 Å². The summed E-state index contributed by atoms with van der Waals surface area (Å²) in [6.07, 6.45) is 3.46. The Morgan fingerprint density at radius 1 is 0.968 bits per heavy atom. The predicted octanol–water partition coefficient (Wildman–Crippen LogP) is 2.21. The van der Waals surface area contributed by atoms with Crippen LogP contribution in [0.4, 0.5) is 5.82 Å². The van der Waals surface area contributed by atoms with E-state index in [0.29, 0.717) is 18.1 Å². The molecule has 31 heavy (non-hydrogen) atoms. The summed E-state index contributed by atoms with van der Waals surface area (Å²) in [5.41, 5.74) is 0.654. The van der Waals surface area contributed by atoms with Crippen LogP contribution in [-0.4, -0.2) is 37.1 Å². The van der Waals surface area contributed by atoms with Crippen molar-refractivity contribution in [2.45, 2.75) is 13.1 Å². The average Bonchev–Trinajstić information content (AvgIpc) is 3.23. The molecule has 0 aliphatic heterocycles. The molecule has 0 spiro atoms. The number of carbonyl (C=O) groups is 1. The summed E-state index contributed by atoms with van der Waals surface area (Å²) in [6, 6.07) is 19.3. The van der Waals surface area contributed by atoms with Crippen molar-refractivity contribution in [1.29, 1.82) is 0 Å². The molecule has 1 amide bonds. The number of ether oxygens (including phenoxy) is 1. The summed E-state index contributed by atoms with van der Waals surface area (Å²) < 4.78 is 8.47. The zero-order chi connectivity index (χ0) is 21.5. The van der Waals surface area contributed by atoms with Crippen LogP contribution in [-0.2, 0) is 13.1 Å². The van der Waals surface area contributed by atoms with Gasteiger partial charge in [0.2, 0.25) is 0 Å². The molecule has 3 aromatic heterocycles. The van der Waals surface area contributed by atoms with E-state index in [0.717, 1.165) is 5.69 Å². The first-order valence-electron chi connectivity index (χ1n) is 9.68. The molecule has 0 radical (unpaired) electrons. The molecule has 0 fully saturated rings. The number of para-hydroxylation sites is 1. The van der Waals surface area contributed by atoms with E-state index >= 15 is 0 Å². The molecule has 3 heterocycles. The van der Waals surface area contributed by atoms with Crippen molar-refractivity contribution in [3.8, 4) is 5.75 Å². The van der Waals surface area contributed by atoms with Gasteiger partial charge in [-0.1, -0.05) is 24.3 Å². The molecule has 0 aliphatic rings. The first-order valence-corrected chi connectivity index (χ1v) is 9.68. The lowest BCUT2D eigenvalue weighted by molar-refractivity contribution is 0.101. The molecule has 0 saturated heterocycles. The van der Waals surface area contributed by atoms with E-state index in [4.69, 9.17) is 4.74 Å². The second-order valence-corrected chi connectivity index (χ2v) is 6.62. The van der Waals surface area contributed by atoms with Crippen molar-refractivity contribution in [3.63, 3.8) is 0 Å². The van der Waals surface area contributed by atoms with Gasteiger partial charge in [-0.3, -0.25) is 19.3 Å². The fourth-order valence-corrected chi connectivity index (χ4v) is 2.85. The maximum absolute atomic E-state index is 12.6. The van der Waals surface area contributed by atoms with E-state index in [-0.39, 0.29) is 24.4 Å². The molecule has 156 valence electrons. The van der Waals surface area contributed by atoms with Gasteiger partial charge in [-0.2, -0.15) is 10.2 Å². The minimum Gasteiger partial charge on any atom is -0.492 e. The number of rotatable bonds is 8. The summed E-state index contributed by atoms with van der Waals surface area (Å²) in [5.74, 6) is 0.624. The number of nitrogens with zero attached hydrogens (tertiary/aromatic N) is 5. The van der Waals surface area contributed by atoms with Crippen molar-refractivity contribution < 1.29 is 9.53 Å². The minimum absolute atomic E-state index is 0.110.